The number of aromatic amines is 1. The van der Waals surface area contributed by atoms with Crippen LogP contribution in [0.25, 0.3) is 11.0 Å². The molecule has 1 aromatic heterocycles. The number of rotatable bonds is 4. The van der Waals surface area contributed by atoms with E-state index in [2.05, 4.69) is 21.8 Å². The number of fused-ring (bicyclic) bond motifs is 1. The van der Waals surface area contributed by atoms with Crippen molar-refractivity contribution < 1.29 is 4.79 Å². The van der Waals surface area contributed by atoms with Crippen molar-refractivity contribution in [2.75, 3.05) is 46.3 Å². The molecular weight excluding hydrogens is 473 g/mol. The average molecular weight is 502 g/mol. The second-order valence-electron chi connectivity index (χ2n) is 9.29. The number of amides is 1. The number of halogens is 2. The van der Waals surface area contributed by atoms with E-state index in [0.29, 0.717) is 40.2 Å². The number of benzene rings is 2. The minimum atomic E-state index is -0.778. The van der Waals surface area contributed by atoms with Gasteiger partial charge in [-0.15, -0.1) is 0 Å². The molecule has 34 heavy (non-hydrogen) atoms. The van der Waals surface area contributed by atoms with Crippen LogP contribution in [0.1, 0.15) is 24.4 Å². The lowest BCUT2D eigenvalue weighted by molar-refractivity contribution is -0.135. The Morgan fingerprint density at radius 1 is 0.971 bits per heavy atom. The summed E-state index contributed by atoms with van der Waals surface area (Å²) >= 11 is 12.5. The van der Waals surface area contributed by atoms with Gasteiger partial charge < -0.3 is 14.8 Å². The van der Waals surface area contributed by atoms with Crippen LogP contribution in [-0.4, -0.2) is 82.5 Å². The Morgan fingerprint density at radius 3 is 2.29 bits per heavy atom. The van der Waals surface area contributed by atoms with Gasteiger partial charge in [0, 0.05) is 45.3 Å². The highest BCUT2D eigenvalue weighted by Gasteiger charge is 2.34. The molecule has 2 aromatic carbocycles. The second kappa shape index (κ2) is 9.74. The lowest BCUT2D eigenvalue weighted by atomic mass is 9.99. The van der Waals surface area contributed by atoms with Crippen LogP contribution < -0.4 is 5.69 Å². The van der Waals surface area contributed by atoms with Crippen molar-refractivity contribution >= 4 is 40.1 Å². The molecule has 3 heterocycles. The summed E-state index contributed by atoms with van der Waals surface area (Å²) < 4.78 is 1.52. The number of piperazine rings is 1. The van der Waals surface area contributed by atoms with Gasteiger partial charge in [0.2, 0.25) is 5.91 Å². The number of hydrogen-bond acceptors (Lipinski definition) is 4. The Labute approximate surface area is 208 Å². The summed E-state index contributed by atoms with van der Waals surface area (Å²) in [7, 11) is 2.16. The summed E-state index contributed by atoms with van der Waals surface area (Å²) in [4.78, 5) is 36.7. The molecule has 1 atom stereocenters. The number of likely N-dealkylation sites (N-methyl/N-ethyl adjacent to an activating group) is 1. The van der Waals surface area contributed by atoms with Gasteiger partial charge in [-0.25, -0.2) is 4.79 Å². The van der Waals surface area contributed by atoms with Gasteiger partial charge in [-0.05, 0) is 37.6 Å². The maximum Gasteiger partial charge on any atom is 0.327 e. The van der Waals surface area contributed by atoms with Gasteiger partial charge in [-0.1, -0.05) is 53.5 Å². The monoisotopic (exact) mass is 501 g/mol. The van der Waals surface area contributed by atoms with Crippen LogP contribution in [0.2, 0.25) is 10.0 Å². The molecule has 0 spiro atoms. The summed E-state index contributed by atoms with van der Waals surface area (Å²) in [5.74, 6) is -0.0721. The van der Waals surface area contributed by atoms with Gasteiger partial charge in [0.05, 0.1) is 21.1 Å². The highest BCUT2D eigenvalue weighted by atomic mass is 35.5. The molecule has 7 nitrogen and oxygen atoms in total. The molecule has 2 fully saturated rings. The van der Waals surface area contributed by atoms with Crippen molar-refractivity contribution in [2.24, 2.45) is 0 Å². The van der Waals surface area contributed by atoms with E-state index in [1.807, 2.05) is 35.2 Å². The van der Waals surface area contributed by atoms with Crippen molar-refractivity contribution in [3.63, 3.8) is 0 Å². The lowest BCUT2D eigenvalue weighted by Gasteiger charge is -2.42. The van der Waals surface area contributed by atoms with Crippen molar-refractivity contribution in [1.29, 1.82) is 0 Å². The molecule has 2 saturated heterocycles. The number of nitrogens with one attached hydrogen (secondary N) is 1. The van der Waals surface area contributed by atoms with E-state index in [0.717, 1.165) is 44.6 Å². The van der Waals surface area contributed by atoms with Crippen LogP contribution in [0.4, 0.5) is 0 Å². The van der Waals surface area contributed by atoms with Crippen LogP contribution in [0.15, 0.2) is 47.3 Å². The third-order valence-electron chi connectivity index (χ3n) is 7.20. The zero-order valence-corrected chi connectivity index (χ0v) is 20.7. The summed E-state index contributed by atoms with van der Waals surface area (Å²) in [6.07, 6.45) is 1.89. The number of carbonyl (C=O) groups excluding carboxylic acids is 1. The molecule has 0 bridgehead atoms. The third kappa shape index (κ3) is 4.50. The van der Waals surface area contributed by atoms with Crippen molar-refractivity contribution in [1.82, 2.24) is 24.3 Å². The first kappa shape index (κ1) is 23.4. The molecule has 0 saturated carbocycles. The average Bonchev–Trinajstić information content (AvgIpc) is 3.15. The number of likely N-dealkylation sites (tertiary alicyclic amines) is 1. The first-order chi connectivity index (χ1) is 16.4. The van der Waals surface area contributed by atoms with E-state index < -0.39 is 6.04 Å². The fourth-order valence-electron chi connectivity index (χ4n) is 5.23. The van der Waals surface area contributed by atoms with Crippen molar-refractivity contribution in [3.05, 3.63) is 68.6 Å². The fraction of sp³-hybridized carbons (Fsp3) is 0.440. The van der Waals surface area contributed by atoms with E-state index >= 15 is 0 Å². The minimum Gasteiger partial charge on any atom is -0.340 e. The summed E-state index contributed by atoms with van der Waals surface area (Å²) in [5, 5.41) is 0.699. The summed E-state index contributed by atoms with van der Waals surface area (Å²) in [5.41, 5.74) is 1.53. The Morgan fingerprint density at radius 2 is 1.62 bits per heavy atom. The minimum absolute atomic E-state index is 0.0721. The van der Waals surface area contributed by atoms with E-state index in [1.54, 1.807) is 12.1 Å². The molecule has 9 heteroatoms. The van der Waals surface area contributed by atoms with Crippen LogP contribution in [-0.2, 0) is 4.79 Å². The molecule has 0 aliphatic carbocycles. The van der Waals surface area contributed by atoms with E-state index in [-0.39, 0.29) is 11.6 Å². The summed E-state index contributed by atoms with van der Waals surface area (Å²) in [6, 6.07) is 12.5. The first-order valence-corrected chi connectivity index (χ1v) is 12.5. The number of aromatic nitrogens is 2. The second-order valence-corrected chi connectivity index (χ2v) is 10.1. The summed E-state index contributed by atoms with van der Waals surface area (Å²) in [6.45, 7) is 5.70. The molecule has 1 unspecified atom stereocenters. The molecule has 3 aromatic rings. The largest absolute Gasteiger partial charge is 0.340 e. The topological polar surface area (TPSA) is 64.6 Å². The molecule has 0 radical (unpaired) electrons. The lowest BCUT2D eigenvalue weighted by Crippen LogP contribution is -2.53. The smallest absolute Gasteiger partial charge is 0.327 e. The fourth-order valence-corrected chi connectivity index (χ4v) is 5.55. The molecular formula is C25H29Cl2N5O2. The van der Waals surface area contributed by atoms with Crippen LogP contribution in [0.5, 0.6) is 0 Å². The number of H-pyrrole nitrogens is 1. The van der Waals surface area contributed by atoms with E-state index in [4.69, 9.17) is 23.2 Å². The predicted molar refractivity (Wildman–Crippen MR) is 136 cm³/mol. The Bertz CT molecular complexity index is 1230. The molecule has 5 rings (SSSR count). The van der Waals surface area contributed by atoms with Gasteiger partial charge in [-0.3, -0.25) is 14.3 Å². The number of nitrogens with zero attached hydrogens (tertiary/aromatic N) is 4. The molecule has 180 valence electrons. The Balaban J connectivity index is 1.44. The molecule has 1 N–H and O–H groups in total. The predicted octanol–water partition coefficient (Wildman–Crippen LogP) is 3.46. The molecule has 2 aliphatic heterocycles. The normalized spacial score (nSPS) is 19.6. The van der Waals surface area contributed by atoms with Crippen LogP contribution >= 0.6 is 23.2 Å². The Hall–Kier alpha value is -2.32. The van der Waals surface area contributed by atoms with Gasteiger partial charge >= 0.3 is 5.69 Å². The highest BCUT2D eigenvalue weighted by Crippen LogP contribution is 2.31. The van der Waals surface area contributed by atoms with Crippen molar-refractivity contribution in [2.45, 2.75) is 24.9 Å². The van der Waals surface area contributed by atoms with Gasteiger partial charge in [-0.2, -0.15) is 0 Å². The van der Waals surface area contributed by atoms with Crippen LogP contribution in [0.3, 0.4) is 0 Å². The van der Waals surface area contributed by atoms with E-state index in [9.17, 15) is 9.59 Å². The molecule has 1 amide bonds. The van der Waals surface area contributed by atoms with Gasteiger partial charge in [0.25, 0.3) is 0 Å². The maximum absolute atomic E-state index is 13.9. The quantitative estimate of drug-likeness (QED) is 0.594. The Kier molecular flexibility index (Phi) is 6.71. The molecule has 2 aliphatic rings. The van der Waals surface area contributed by atoms with Crippen LogP contribution in [0, 0.1) is 0 Å². The van der Waals surface area contributed by atoms with Crippen molar-refractivity contribution in [3.8, 4) is 0 Å². The maximum atomic E-state index is 13.9. The number of carbonyl (C=O) groups is 1. The zero-order valence-electron chi connectivity index (χ0n) is 19.2. The van der Waals surface area contributed by atoms with Gasteiger partial charge in [0.15, 0.2) is 0 Å². The van der Waals surface area contributed by atoms with E-state index in [1.165, 1.54) is 4.57 Å². The highest BCUT2D eigenvalue weighted by molar-refractivity contribution is 6.42. The number of imidazole rings is 1. The number of hydrogen-bond donors (Lipinski definition) is 1. The SMILES string of the molecule is CN1CCN(C2CCN(C(=O)C(c3ccccc3)n3c(=O)[nH]c4cc(Cl)c(Cl)cc43)CC2)CC1. The zero-order chi connectivity index (χ0) is 23.8. The first-order valence-electron chi connectivity index (χ1n) is 11.8. The number of piperidine rings is 1. The van der Waals surface area contributed by atoms with Gasteiger partial charge in [0.1, 0.15) is 6.04 Å². The third-order valence-corrected chi connectivity index (χ3v) is 7.92. The standard InChI is InChI=1S/C25H29Cl2N5O2/c1-29-11-13-30(14-12-29)18-7-9-31(10-8-18)24(33)23(17-5-3-2-4-6-17)32-22-16-20(27)19(26)15-21(22)28-25(32)34/h2-6,15-16,18,23H,7-14H2,1H3,(H,28,34).